The van der Waals surface area contributed by atoms with Crippen molar-refractivity contribution in [3.8, 4) is 5.75 Å². The Balaban J connectivity index is 1.43. The first-order valence-electron chi connectivity index (χ1n) is 10.6. The highest BCUT2D eigenvalue weighted by atomic mass is 16.6. The van der Waals surface area contributed by atoms with Gasteiger partial charge in [-0.1, -0.05) is 89.6 Å². The summed E-state index contributed by atoms with van der Waals surface area (Å²) >= 11 is 0. The molecule has 1 N–H and O–H groups in total. The lowest BCUT2D eigenvalue weighted by Crippen LogP contribution is -2.12. The number of carboxylic acid groups (broad SMARTS) is 1. The van der Waals surface area contributed by atoms with E-state index in [1.807, 2.05) is 78.9 Å². The number of allylic oxidation sites excluding steroid dienone is 1. The highest BCUT2D eigenvalue weighted by Crippen LogP contribution is 2.32. The number of hydrogen-bond donors (Lipinski definition) is 1. The fourth-order valence-corrected chi connectivity index (χ4v) is 3.83. The van der Waals surface area contributed by atoms with Crippen LogP contribution in [0, 0.1) is 0 Å². The standard InChI is InChI=1S/C27H25NO4/c29-26(30)19-31-25-13-7-12-23-18-20(14-15-24(23)25)16-17-28-32-27(21-8-3-1-4-9-21)22-10-5-2-6-11-22/h1-13,17-18,27H,14-16,19H2,(H,29,30). The minimum absolute atomic E-state index is 0.261. The Morgan fingerprint density at radius 3 is 2.28 bits per heavy atom. The Morgan fingerprint density at radius 1 is 0.938 bits per heavy atom. The van der Waals surface area contributed by atoms with Crippen molar-refractivity contribution in [2.24, 2.45) is 5.16 Å². The first kappa shape index (κ1) is 21.4. The van der Waals surface area contributed by atoms with Crippen LogP contribution in [-0.2, 0) is 16.1 Å². The van der Waals surface area contributed by atoms with Gasteiger partial charge in [0.25, 0.3) is 0 Å². The predicted octanol–water partition coefficient (Wildman–Crippen LogP) is 5.66. The van der Waals surface area contributed by atoms with Crippen molar-refractivity contribution in [2.45, 2.75) is 25.4 Å². The number of carboxylic acids is 1. The molecule has 0 amide bonds. The second kappa shape index (κ2) is 10.4. The number of benzene rings is 3. The Bertz CT molecular complexity index is 1070. The highest BCUT2D eigenvalue weighted by molar-refractivity contribution is 5.70. The summed E-state index contributed by atoms with van der Waals surface area (Å²) in [6.07, 6.45) is 6.04. The molecule has 0 saturated carbocycles. The Kier molecular flexibility index (Phi) is 6.98. The zero-order valence-electron chi connectivity index (χ0n) is 17.7. The average Bonchev–Trinajstić information content (AvgIpc) is 2.83. The predicted molar refractivity (Wildman–Crippen MR) is 125 cm³/mol. The van der Waals surface area contributed by atoms with Crippen molar-refractivity contribution >= 4 is 18.3 Å². The first-order valence-corrected chi connectivity index (χ1v) is 10.6. The smallest absolute Gasteiger partial charge is 0.341 e. The molecule has 3 aromatic rings. The van der Waals surface area contributed by atoms with Crippen molar-refractivity contribution < 1.29 is 19.5 Å². The van der Waals surface area contributed by atoms with Gasteiger partial charge >= 0.3 is 5.97 Å². The van der Waals surface area contributed by atoms with Gasteiger partial charge in [-0.3, -0.25) is 0 Å². The molecule has 5 nitrogen and oxygen atoms in total. The van der Waals surface area contributed by atoms with E-state index in [0.717, 1.165) is 35.1 Å². The van der Waals surface area contributed by atoms with Gasteiger partial charge in [0.05, 0.1) is 0 Å². The van der Waals surface area contributed by atoms with Gasteiger partial charge in [-0.05, 0) is 35.6 Å². The van der Waals surface area contributed by atoms with Crippen LogP contribution in [-0.4, -0.2) is 23.9 Å². The fourth-order valence-electron chi connectivity index (χ4n) is 3.83. The van der Waals surface area contributed by atoms with Crippen LogP contribution in [0.25, 0.3) is 6.08 Å². The molecule has 1 aliphatic rings. The van der Waals surface area contributed by atoms with Gasteiger partial charge in [-0.15, -0.1) is 0 Å². The van der Waals surface area contributed by atoms with Crippen molar-refractivity contribution in [1.82, 2.24) is 0 Å². The molecule has 0 bridgehead atoms. The molecule has 5 heteroatoms. The van der Waals surface area contributed by atoms with E-state index in [-0.39, 0.29) is 12.7 Å². The zero-order chi connectivity index (χ0) is 22.2. The number of hydrogen-bond acceptors (Lipinski definition) is 4. The molecule has 4 rings (SSSR count). The number of oxime groups is 1. The second-order valence-electron chi connectivity index (χ2n) is 7.61. The van der Waals surface area contributed by atoms with E-state index < -0.39 is 5.97 Å². The van der Waals surface area contributed by atoms with Crippen molar-refractivity contribution in [3.05, 3.63) is 107 Å². The molecule has 1 aliphatic carbocycles. The van der Waals surface area contributed by atoms with E-state index >= 15 is 0 Å². The topological polar surface area (TPSA) is 68.1 Å². The summed E-state index contributed by atoms with van der Waals surface area (Å²) in [4.78, 5) is 16.7. The summed E-state index contributed by atoms with van der Waals surface area (Å²) in [5.41, 5.74) is 5.47. The van der Waals surface area contributed by atoms with E-state index in [1.54, 1.807) is 6.21 Å². The van der Waals surface area contributed by atoms with Crippen LogP contribution in [0.2, 0.25) is 0 Å². The fraction of sp³-hybridized carbons (Fsp3) is 0.185. The Labute approximate surface area is 187 Å². The van der Waals surface area contributed by atoms with Gasteiger partial charge in [0.2, 0.25) is 0 Å². The largest absolute Gasteiger partial charge is 0.482 e. The second-order valence-corrected chi connectivity index (χ2v) is 7.61. The minimum Gasteiger partial charge on any atom is -0.482 e. The average molecular weight is 428 g/mol. The van der Waals surface area contributed by atoms with Gasteiger partial charge in [0.15, 0.2) is 12.7 Å². The van der Waals surface area contributed by atoms with Crippen LogP contribution < -0.4 is 4.74 Å². The number of nitrogens with zero attached hydrogens (tertiary/aromatic N) is 1. The molecule has 162 valence electrons. The van der Waals surface area contributed by atoms with Crippen LogP contribution >= 0.6 is 0 Å². The van der Waals surface area contributed by atoms with E-state index in [0.29, 0.717) is 12.2 Å². The monoisotopic (exact) mass is 427 g/mol. The lowest BCUT2D eigenvalue weighted by atomic mass is 9.90. The summed E-state index contributed by atoms with van der Waals surface area (Å²) in [5, 5.41) is 13.1. The van der Waals surface area contributed by atoms with Crippen molar-refractivity contribution in [3.63, 3.8) is 0 Å². The van der Waals surface area contributed by atoms with Crippen LogP contribution in [0.5, 0.6) is 5.75 Å². The van der Waals surface area contributed by atoms with Crippen LogP contribution in [0.15, 0.2) is 89.6 Å². The lowest BCUT2D eigenvalue weighted by Gasteiger charge is -2.19. The molecule has 0 radical (unpaired) electrons. The number of ether oxygens (including phenoxy) is 1. The molecular formula is C27H25NO4. The maximum Gasteiger partial charge on any atom is 0.341 e. The molecule has 0 saturated heterocycles. The highest BCUT2D eigenvalue weighted by Gasteiger charge is 2.16. The quantitative estimate of drug-likeness (QED) is 0.353. The van der Waals surface area contributed by atoms with E-state index in [1.165, 1.54) is 5.57 Å². The SMILES string of the molecule is O=C(O)COc1cccc2c1CCC(CC=NOC(c1ccccc1)c1ccccc1)=C2. The van der Waals surface area contributed by atoms with Gasteiger partial charge in [-0.25, -0.2) is 4.79 Å². The van der Waals surface area contributed by atoms with Crippen LogP contribution in [0.3, 0.4) is 0 Å². The van der Waals surface area contributed by atoms with Crippen molar-refractivity contribution in [2.75, 3.05) is 6.61 Å². The van der Waals surface area contributed by atoms with E-state index in [9.17, 15) is 4.79 Å². The van der Waals surface area contributed by atoms with Crippen LogP contribution in [0.4, 0.5) is 0 Å². The van der Waals surface area contributed by atoms with E-state index in [2.05, 4.69) is 11.2 Å². The molecule has 0 heterocycles. The molecule has 0 atom stereocenters. The molecular weight excluding hydrogens is 402 g/mol. The summed E-state index contributed by atoms with van der Waals surface area (Å²) in [6.45, 7) is -0.332. The third-order valence-corrected chi connectivity index (χ3v) is 5.38. The summed E-state index contributed by atoms with van der Waals surface area (Å²) < 4.78 is 5.43. The molecule has 0 unspecified atom stereocenters. The van der Waals surface area contributed by atoms with Crippen molar-refractivity contribution in [1.29, 1.82) is 0 Å². The molecule has 0 aliphatic heterocycles. The normalized spacial score (nSPS) is 13.0. The van der Waals surface area contributed by atoms with E-state index in [4.69, 9.17) is 14.7 Å². The Morgan fingerprint density at radius 2 is 1.62 bits per heavy atom. The molecule has 3 aromatic carbocycles. The zero-order valence-corrected chi connectivity index (χ0v) is 17.7. The van der Waals surface area contributed by atoms with Gasteiger partial charge < -0.3 is 14.7 Å². The lowest BCUT2D eigenvalue weighted by molar-refractivity contribution is -0.139. The number of carbonyl (C=O) groups is 1. The first-order chi connectivity index (χ1) is 15.7. The number of rotatable bonds is 9. The van der Waals surface area contributed by atoms with Gasteiger partial charge in [0, 0.05) is 18.2 Å². The number of fused-ring (bicyclic) bond motifs is 1. The third-order valence-electron chi connectivity index (χ3n) is 5.38. The third kappa shape index (κ3) is 5.43. The summed E-state index contributed by atoms with van der Waals surface area (Å²) in [5.74, 6) is -0.332. The maximum atomic E-state index is 10.8. The van der Waals surface area contributed by atoms with Gasteiger partial charge in [0.1, 0.15) is 5.75 Å². The minimum atomic E-state index is -0.977. The Hall–Kier alpha value is -3.86. The molecule has 32 heavy (non-hydrogen) atoms. The molecule has 0 spiro atoms. The van der Waals surface area contributed by atoms with Gasteiger partial charge in [-0.2, -0.15) is 0 Å². The maximum absolute atomic E-state index is 10.8. The summed E-state index contributed by atoms with van der Waals surface area (Å²) in [7, 11) is 0. The van der Waals surface area contributed by atoms with Crippen LogP contribution in [0.1, 0.15) is 41.2 Å². The summed E-state index contributed by atoms with van der Waals surface area (Å²) in [6, 6.07) is 25.9. The molecule has 0 aromatic heterocycles. The number of aliphatic carboxylic acids is 1. The molecule has 0 fully saturated rings.